The predicted molar refractivity (Wildman–Crippen MR) is 288 cm³/mol. The van der Waals surface area contributed by atoms with Gasteiger partial charge in [-0.1, -0.05) is 85.8 Å². The van der Waals surface area contributed by atoms with Crippen LogP contribution in [0.3, 0.4) is 0 Å². The lowest BCUT2D eigenvalue weighted by atomic mass is 9.96. The van der Waals surface area contributed by atoms with Crippen molar-refractivity contribution in [3.05, 3.63) is 131 Å². The Morgan fingerprint density at radius 1 is 0.922 bits per heavy atom. The molecule has 19 nitrogen and oxygen atoms in total. The van der Waals surface area contributed by atoms with E-state index in [9.17, 15) is 23.2 Å². The molecule has 3 aliphatic heterocycles. The number of nitrogens with one attached hydrogen (secondary N) is 1. The number of piperazine rings is 1. The molecule has 0 bridgehead atoms. The molecule has 0 spiro atoms. The van der Waals surface area contributed by atoms with E-state index in [0.29, 0.717) is 88.9 Å². The number of carbonyl (C=O) groups is 3. The molecule has 0 radical (unpaired) electrons. The minimum Gasteiger partial charge on any atom is -0.444 e. The van der Waals surface area contributed by atoms with E-state index in [1.54, 1.807) is 6.20 Å². The Labute approximate surface area is 453 Å². The van der Waals surface area contributed by atoms with E-state index in [4.69, 9.17) is 39.2 Å². The number of anilines is 2. The summed E-state index contributed by atoms with van der Waals surface area (Å²) >= 11 is 1.17. The number of hydrogen-bond acceptors (Lipinski definition) is 16. The highest BCUT2D eigenvalue weighted by molar-refractivity contribution is 8.15. The Morgan fingerprint density at radius 2 is 1.58 bits per heavy atom. The Balaban J connectivity index is 0.702. The summed E-state index contributed by atoms with van der Waals surface area (Å²) in [6.45, 7) is 11.7. The van der Waals surface area contributed by atoms with Gasteiger partial charge >= 0.3 is 12.1 Å². The van der Waals surface area contributed by atoms with Gasteiger partial charge in [-0.25, -0.2) is 28.4 Å². The van der Waals surface area contributed by atoms with Crippen LogP contribution in [-0.2, 0) is 44.8 Å². The third-order valence-electron chi connectivity index (χ3n) is 13.8. The van der Waals surface area contributed by atoms with Crippen LogP contribution in [0.2, 0.25) is 0 Å². The van der Waals surface area contributed by atoms with Crippen molar-refractivity contribution in [1.82, 2.24) is 29.8 Å². The van der Waals surface area contributed by atoms with Crippen molar-refractivity contribution in [1.29, 1.82) is 0 Å². The molecule has 1 aromatic heterocycles. The molecule has 4 aromatic rings. The van der Waals surface area contributed by atoms with Crippen LogP contribution in [0.4, 0.5) is 30.1 Å². The highest BCUT2D eigenvalue weighted by Crippen LogP contribution is 2.51. The minimum absolute atomic E-state index is 0.00711. The van der Waals surface area contributed by atoms with Gasteiger partial charge in [0, 0.05) is 51.0 Å². The van der Waals surface area contributed by atoms with Crippen molar-refractivity contribution in [2.24, 2.45) is 16.8 Å². The molecule has 1 saturated carbocycles. The zero-order valence-corrected chi connectivity index (χ0v) is 44.7. The zero-order valence-electron chi connectivity index (χ0n) is 43.9. The molecular formula is C55H70F2N10O9S. The van der Waals surface area contributed by atoms with Gasteiger partial charge < -0.3 is 39.6 Å². The fraction of sp³-hybridized carbons (Fsp3) is 0.491. The fourth-order valence-electron chi connectivity index (χ4n) is 9.36. The van der Waals surface area contributed by atoms with Gasteiger partial charge in [0.25, 0.3) is 0 Å². The van der Waals surface area contributed by atoms with Gasteiger partial charge in [0.2, 0.25) is 11.9 Å². The average molecular weight is 1090 g/mol. The van der Waals surface area contributed by atoms with Crippen molar-refractivity contribution in [3.8, 4) is 0 Å². The van der Waals surface area contributed by atoms with E-state index in [1.807, 2.05) is 35.2 Å². The third-order valence-corrected chi connectivity index (χ3v) is 15.2. The number of benzene rings is 3. The number of rotatable bonds is 29. The number of hydrazone groups is 1. The van der Waals surface area contributed by atoms with E-state index in [-0.39, 0.29) is 62.1 Å². The van der Waals surface area contributed by atoms with Crippen LogP contribution in [0, 0.1) is 17.6 Å². The lowest BCUT2D eigenvalue weighted by Crippen LogP contribution is -2.49. The Hall–Kier alpha value is -6.11. The van der Waals surface area contributed by atoms with Crippen molar-refractivity contribution in [2.75, 3.05) is 116 Å². The smallest absolute Gasteiger partial charge is 0.415 e. The van der Waals surface area contributed by atoms with Crippen LogP contribution < -0.4 is 16.0 Å². The van der Waals surface area contributed by atoms with Crippen LogP contribution >= 0.6 is 11.8 Å². The summed E-state index contributed by atoms with van der Waals surface area (Å²) in [7, 11) is 1.46. The van der Waals surface area contributed by atoms with Crippen LogP contribution in [0.5, 0.6) is 0 Å². The molecule has 4 heterocycles. The first-order valence-electron chi connectivity index (χ1n) is 26.3. The molecule has 1 aliphatic carbocycles. The molecule has 4 aliphatic rings. The van der Waals surface area contributed by atoms with E-state index in [1.165, 1.54) is 53.2 Å². The first-order chi connectivity index (χ1) is 37.5. The van der Waals surface area contributed by atoms with E-state index >= 15 is 0 Å². The number of nitrogens with zero attached hydrogens (tertiary/aromatic N) is 8. The molecule has 77 heavy (non-hydrogen) atoms. The number of thioether (sulfide) groups is 1. The van der Waals surface area contributed by atoms with Gasteiger partial charge in [-0.3, -0.25) is 19.4 Å². The maximum atomic E-state index is 15.0. The predicted octanol–water partition coefficient (Wildman–Crippen LogP) is 7.61. The number of cyclic esters (lactones) is 1. The number of hydrogen-bond donors (Lipinski definition) is 2. The minimum atomic E-state index is -1.10. The second-order valence-electron chi connectivity index (χ2n) is 19.1. The van der Waals surface area contributed by atoms with Gasteiger partial charge in [-0.05, 0) is 79.6 Å². The van der Waals surface area contributed by atoms with Crippen molar-refractivity contribution >= 4 is 46.6 Å². The Morgan fingerprint density at radius 3 is 2.25 bits per heavy atom. The average Bonchev–Trinajstić information content (AvgIpc) is 4.23. The van der Waals surface area contributed by atoms with Gasteiger partial charge in [0.05, 0.1) is 77.6 Å². The summed E-state index contributed by atoms with van der Waals surface area (Å²) in [5.74, 6) is 0.324. The van der Waals surface area contributed by atoms with Crippen LogP contribution in [0.15, 0.2) is 96.7 Å². The molecule has 8 rings (SSSR count). The lowest BCUT2D eigenvalue weighted by Gasteiger charge is -2.39. The molecule has 3 N–H and O–H groups in total. The summed E-state index contributed by atoms with van der Waals surface area (Å²) < 4.78 is 57.4. The van der Waals surface area contributed by atoms with E-state index in [2.05, 4.69) is 58.1 Å². The topological polar surface area (TPSA) is 199 Å². The number of carbonyl (C=O) groups excluding carboxylic acids is 3. The number of aromatic nitrogens is 2. The number of hydroxylamine groups is 2. The summed E-state index contributed by atoms with van der Waals surface area (Å²) in [5.41, 5.74) is 9.66. The van der Waals surface area contributed by atoms with Crippen molar-refractivity contribution < 1.29 is 51.7 Å². The highest BCUT2D eigenvalue weighted by Gasteiger charge is 2.50. The number of amides is 4. The first kappa shape index (κ1) is 57.1. The molecule has 4 amide bonds. The quantitative estimate of drug-likeness (QED) is 0.0306. The van der Waals surface area contributed by atoms with Crippen LogP contribution in [-0.4, -0.2) is 159 Å². The second kappa shape index (κ2) is 28.0. The molecule has 22 heteroatoms. The fourth-order valence-corrected chi connectivity index (χ4v) is 10.8. The molecule has 3 aromatic carbocycles. The molecular weight excluding hydrogens is 1010 g/mol. The molecule has 3 atom stereocenters. The number of fused-ring (bicyclic) bond motifs is 1. The normalized spacial score (nSPS) is 18.4. The van der Waals surface area contributed by atoms with Gasteiger partial charge in [0.15, 0.2) is 0 Å². The summed E-state index contributed by atoms with van der Waals surface area (Å²) in [5, 5.41) is 10.4. The molecule has 1 saturated heterocycles. The summed E-state index contributed by atoms with van der Waals surface area (Å²) in [6.07, 6.45) is 7.15. The maximum absolute atomic E-state index is 15.0. The Bertz CT molecular complexity index is 2630. The largest absolute Gasteiger partial charge is 0.444 e. The van der Waals surface area contributed by atoms with Crippen LogP contribution in [0.25, 0.3) is 0 Å². The van der Waals surface area contributed by atoms with Crippen molar-refractivity contribution in [2.45, 2.75) is 62.6 Å². The number of nitrogens with two attached hydrogens (primary N) is 1. The number of urea groups is 1. The standard InChI is InChI=1S/C55H70F2N10O9S/c1-4-49(68)65-23-21-64(22-24-65)48(35-40-11-12-40)42-15-13-41(14-16-42)39(2)60-52-59-37-43-38-75-54(70)66(50(43)61-52)25-26-71-27-28-72-29-30-73-31-32-74-33-34-76-63(3)53(69)67-55(19-8-20-58,44-9-6-5-7-10-44)77-51(62-67)46-36-45(56)17-18-47(46)57/h4-7,9-10,13-18,36-37,39-40,48H,1,8,11-12,19-35,38,58H2,2-3H3,(H,59,60,61)/t39-,48-,55?/m0/s1. The SMILES string of the molecule is C=CC(=O)N1CCN([C@@H](CC2CC2)c2ccc([C@H](C)Nc3ncc4c(n3)N(CCOCCOCCOCCOCCON(C)C(=O)N3N=C(c5cc(F)ccc5F)SC3(CCCN)c3ccccc3)C(=O)OC4)cc2)CC1. The molecule has 1 unspecified atom stereocenters. The maximum Gasteiger partial charge on any atom is 0.415 e. The highest BCUT2D eigenvalue weighted by atomic mass is 32.2. The van der Waals surface area contributed by atoms with Crippen molar-refractivity contribution in [3.63, 3.8) is 0 Å². The van der Waals surface area contributed by atoms with Gasteiger partial charge in [-0.15, -0.1) is 0 Å². The second-order valence-corrected chi connectivity index (χ2v) is 20.4. The Kier molecular flexibility index (Phi) is 20.7. The lowest BCUT2D eigenvalue weighted by molar-refractivity contribution is -0.128. The van der Waals surface area contributed by atoms with Crippen LogP contribution in [0.1, 0.15) is 78.9 Å². The monoisotopic (exact) mass is 1080 g/mol. The van der Waals surface area contributed by atoms with E-state index < -0.39 is 28.6 Å². The number of halogens is 2. The molecule has 2 fully saturated rings. The first-order valence-corrected chi connectivity index (χ1v) is 27.1. The summed E-state index contributed by atoms with van der Waals surface area (Å²) in [6, 6.07) is 20.7. The summed E-state index contributed by atoms with van der Waals surface area (Å²) in [4.78, 5) is 58.8. The zero-order chi connectivity index (χ0) is 54.2. The van der Waals surface area contributed by atoms with E-state index in [0.717, 1.165) is 59.8 Å². The molecule has 414 valence electrons. The number of ether oxygens (including phenoxy) is 5. The van der Waals surface area contributed by atoms with Gasteiger partial charge in [-0.2, -0.15) is 15.1 Å². The third kappa shape index (κ3) is 15.1. The van der Waals surface area contributed by atoms with Gasteiger partial charge in [0.1, 0.15) is 34.0 Å².